The van der Waals surface area contributed by atoms with Gasteiger partial charge in [-0.2, -0.15) is 0 Å². The van der Waals surface area contributed by atoms with Crippen LogP contribution in [0.1, 0.15) is 25.3 Å². The molecule has 154 valence electrons. The first-order chi connectivity index (χ1) is 13.6. The summed E-state index contributed by atoms with van der Waals surface area (Å²) in [6.45, 7) is 7.82. The molecule has 1 aromatic rings. The minimum absolute atomic E-state index is 0.0590. The highest BCUT2D eigenvalue weighted by Gasteiger charge is 2.30. The Hall–Kier alpha value is -2.15. The number of amides is 1. The average molecular weight is 390 g/mol. The third-order valence-corrected chi connectivity index (χ3v) is 5.78. The molecule has 28 heavy (non-hydrogen) atoms. The number of nitrogens with zero attached hydrogens (tertiary/aromatic N) is 4. The van der Waals surface area contributed by atoms with Gasteiger partial charge in [0.25, 0.3) is 0 Å². The number of rotatable bonds is 5. The molecule has 2 aliphatic rings. The first-order valence-corrected chi connectivity index (χ1v) is 10.3. The van der Waals surface area contributed by atoms with Crippen molar-refractivity contribution in [3.8, 4) is 0 Å². The van der Waals surface area contributed by atoms with E-state index in [0.717, 1.165) is 58.1 Å². The Bertz CT molecular complexity index is 681. The maximum atomic E-state index is 13.7. The number of carbonyl (C=O) groups is 1. The van der Waals surface area contributed by atoms with E-state index < -0.39 is 0 Å². The molecule has 1 N–H and O–H groups in total. The summed E-state index contributed by atoms with van der Waals surface area (Å²) in [5.74, 6) is 0.942. The van der Waals surface area contributed by atoms with Crippen LogP contribution in [-0.4, -0.2) is 85.5 Å². The summed E-state index contributed by atoms with van der Waals surface area (Å²) in [4.78, 5) is 23.5. The fourth-order valence-electron chi connectivity index (χ4n) is 4.02. The molecule has 1 atom stereocenters. The van der Waals surface area contributed by atoms with E-state index in [0.29, 0.717) is 18.5 Å². The van der Waals surface area contributed by atoms with E-state index in [-0.39, 0.29) is 17.8 Å². The summed E-state index contributed by atoms with van der Waals surface area (Å²) in [7, 11) is 1.78. The van der Waals surface area contributed by atoms with Crippen molar-refractivity contribution in [2.75, 3.05) is 52.9 Å². The maximum absolute atomic E-state index is 13.7. The topological polar surface area (TPSA) is 51.2 Å². The number of hydrogen-bond donors (Lipinski definition) is 1. The zero-order valence-electron chi connectivity index (χ0n) is 17.0. The van der Waals surface area contributed by atoms with E-state index in [9.17, 15) is 9.18 Å². The quantitative estimate of drug-likeness (QED) is 0.614. The van der Waals surface area contributed by atoms with Crippen molar-refractivity contribution in [3.63, 3.8) is 0 Å². The Balaban J connectivity index is 1.44. The zero-order valence-corrected chi connectivity index (χ0v) is 17.0. The van der Waals surface area contributed by atoms with Crippen molar-refractivity contribution in [1.29, 1.82) is 0 Å². The number of hydrogen-bond acceptors (Lipinski definition) is 3. The predicted octanol–water partition coefficient (Wildman–Crippen LogP) is 1.57. The summed E-state index contributed by atoms with van der Waals surface area (Å²) in [5.41, 5.74) is 0.713. The van der Waals surface area contributed by atoms with Gasteiger partial charge in [-0.1, -0.05) is 18.2 Å². The summed E-state index contributed by atoms with van der Waals surface area (Å²) in [6.07, 6.45) is 2.87. The second kappa shape index (κ2) is 9.87. The van der Waals surface area contributed by atoms with E-state index >= 15 is 0 Å². The largest absolute Gasteiger partial charge is 0.356 e. The third-order valence-electron chi connectivity index (χ3n) is 5.78. The molecule has 0 radical (unpaired) electrons. The monoisotopic (exact) mass is 389 g/mol. The lowest BCUT2D eigenvalue weighted by atomic mass is 10.1. The highest BCUT2D eigenvalue weighted by atomic mass is 19.1. The highest BCUT2D eigenvalue weighted by Crippen LogP contribution is 2.14. The molecule has 1 amide bonds. The van der Waals surface area contributed by atoms with Gasteiger partial charge < -0.3 is 15.1 Å². The molecule has 0 aromatic heterocycles. The highest BCUT2D eigenvalue weighted by molar-refractivity contribution is 5.82. The van der Waals surface area contributed by atoms with E-state index in [1.165, 1.54) is 6.07 Å². The Labute approximate surface area is 167 Å². The number of benzene rings is 1. The van der Waals surface area contributed by atoms with Gasteiger partial charge >= 0.3 is 0 Å². The van der Waals surface area contributed by atoms with Gasteiger partial charge in [-0.05, 0) is 37.8 Å². The van der Waals surface area contributed by atoms with Gasteiger partial charge in [-0.3, -0.25) is 14.7 Å². The summed E-state index contributed by atoms with van der Waals surface area (Å²) in [6, 6.07) is 6.82. The third kappa shape index (κ3) is 5.01. The number of nitrogens with one attached hydrogen (secondary N) is 1. The van der Waals surface area contributed by atoms with Crippen LogP contribution < -0.4 is 5.32 Å². The van der Waals surface area contributed by atoms with Crippen LogP contribution in [0.25, 0.3) is 0 Å². The van der Waals surface area contributed by atoms with Crippen LogP contribution in [0.2, 0.25) is 0 Å². The fourth-order valence-corrected chi connectivity index (χ4v) is 4.02. The molecule has 0 saturated carbocycles. The average Bonchev–Trinajstić information content (AvgIpc) is 3.26. The van der Waals surface area contributed by atoms with Crippen LogP contribution in [0.15, 0.2) is 29.3 Å². The van der Waals surface area contributed by atoms with Crippen LogP contribution in [0, 0.1) is 5.82 Å². The lowest BCUT2D eigenvalue weighted by molar-refractivity contribution is -0.135. The van der Waals surface area contributed by atoms with Crippen LogP contribution in [0.5, 0.6) is 0 Å². The van der Waals surface area contributed by atoms with Crippen molar-refractivity contribution in [2.45, 2.75) is 32.2 Å². The minimum atomic E-state index is -0.162. The minimum Gasteiger partial charge on any atom is -0.356 e. The standard InChI is InChI=1S/C21H32FN5O/c1-17(20(28)26-11-5-6-12-26)25-13-15-27(16-14-25)21(23-2)24-10-9-18-7-3-4-8-19(18)22/h3-4,7-8,17H,5-6,9-16H2,1-2H3,(H,23,24). The van der Waals surface area contributed by atoms with E-state index in [4.69, 9.17) is 0 Å². The molecular weight excluding hydrogens is 357 g/mol. The Morgan fingerprint density at radius 2 is 1.79 bits per heavy atom. The van der Waals surface area contributed by atoms with Gasteiger partial charge in [0.05, 0.1) is 6.04 Å². The molecule has 6 nitrogen and oxygen atoms in total. The maximum Gasteiger partial charge on any atom is 0.239 e. The molecule has 2 heterocycles. The lowest BCUT2D eigenvalue weighted by Gasteiger charge is -2.39. The van der Waals surface area contributed by atoms with Crippen molar-refractivity contribution in [1.82, 2.24) is 20.0 Å². The van der Waals surface area contributed by atoms with Gasteiger partial charge in [0.2, 0.25) is 5.91 Å². The smallest absolute Gasteiger partial charge is 0.239 e. The summed E-state index contributed by atoms with van der Waals surface area (Å²) < 4.78 is 13.7. The van der Waals surface area contributed by atoms with Gasteiger partial charge in [-0.25, -0.2) is 4.39 Å². The lowest BCUT2D eigenvalue weighted by Crippen LogP contribution is -2.57. The van der Waals surface area contributed by atoms with E-state index in [1.54, 1.807) is 13.1 Å². The molecule has 3 rings (SSSR count). The Morgan fingerprint density at radius 3 is 2.43 bits per heavy atom. The van der Waals surface area contributed by atoms with Gasteiger partial charge in [-0.15, -0.1) is 0 Å². The number of piperazine rings is 1. The molecule has 2 aliphatic heterocycles. The van der Waals surface area contributed by atoms with E-state index in [1.807, 2.05) is 24.0 Å². The number of aliphatic imine (C=N–C) groups is 1. The fraction of sp³-hybridized carbons (Fsp3) is 0.619. The van der Waals surface area contributed by atoms with Gasteiger partial charge in [0.15, 0.2) is 5.96 Å². The molecule has 0 bridgehead atoms. The second-order valence-corrected chi connectivity index (χ2v) is 7.55. The molecule has 7 heteroatoms. The Morgan fingerprint density at radius 1 is 1.11 bits per heavy atom. The molecular formula is C21H32FN5O. The zero-order chi connectivity index (χ0) is 19.9. The van der Waals surface area contributed by atoms with Crippen molar-refractivity contribution in [3.05, 3.63) is 35.6 Å². The Kier molecular flexibility index (Phi) is 7.25. The van der Waals surface area contributed by atoms with E-state index in [2.05, 4.69) is 20.1 Å². The molecule has 2 fully saturated rings. The number of guanidine groups is 1. The van der Waals surface area contributed by atoms with Crippen molar-refractivity contribution < 1.29 is 9.18 Å². The normalized spacial score (nSPS) is 19.8. The first-order valence-electron chi connectivity index (χ1n) is 10.3. The second-order valence-electron chi connectivity index (χ2n) is 7.55. The first kappa shape index (κ1) is 20.6. The predicted molar refractivity (Wildman–Crippen MR) is 110 cm³/mol. The van der Waals surface area contributed by atoms with Crippen LogP contribution in [-0.2, 0) is 11.2 Å². The molecule has 0 spiro atoms. The molecule has 2 saturated heterocycles. The molecule has 1 aromatic carbocycles. The number of likely N-dealkylation sites (tertiary alicyclic amines) is 1. The van der Waals surface area contributed by atoms with Gasteiger partial charge in [0.1, 0.15) is 5.82 Å². The van der Waals surface area contributed by atoms with Crippen LogP contribution >= 0.6 is 0 Å². The number of carbonyl (C=O) groups excluding carboxylic acids is 1. The van der Waals surface area contributed by atoms with Crippen molar-refractivity contribution in [2.24, 2.45) is 4.99 Å². The van der Waals surface area contributed by atoms with Crippen molar-refractivity contribution >= 4 is 11.9 Å². The molecule has 0 aliphatic carbocycles. The molecule has 1 unspecified atom stereocenters. The van der Waals surface area contributed by atoms with Crippen LogP contribution in [0.4, 0.5) is 4.39 Å². The van der Waals surface area contributed by atoms with Gasteiger partial charge in [0, 0.05) is 52.9 Å². The SMILES string of the molecule is CN=C(NCCc1ccccc1F)N1CCN(C(C)C(=O)N2CCCC2)CC1. The summed E-state index contributed by atoms with van der Waals surface area (Å²) in [5, 5.41) is 3.34. The summed E-state index contributed by atoms with van der Waals surface area (Å²) >= 11 is 0. The van der Waals surface area contributed by atoms with Crippen LogP contribution in [0.3, 0.4) is 0 Å². The number of halogens is 1.